The van der Waals surface area contributed by atoms with Crippen molar-refractivity contribution >= 4 is 21.8 Å². The number of nitrogens with zero attached hydrogens (tertiary/aromatic N) is 1. The Morgan fingerprint density at radius 1 is 1.27 bits per heavy atom. The fourth-order valence-electron chi connectivity index (χ4n) is 4.34. The van der Waals surface area contributed by atoms with E-state index < -0.39 is 9.84 Å². The topological polar surface area (TPSA) is 90.0 Å². The van der Waals surface area contributed by atoms with Crippen LogP contribution in [0.1, 0.15) is 12.8 Å². The molecule has 2 saturated carbocycles. The van der Waals surface area contributed by atoms with E-state index in [1.54, 1.807) is 4.90 Å². The van der Waals surface area contributed by atoms with Gasteiger partial charge in [0.25, 0.3) is 0 Å². The minimum atomic E-state index is -2.95. The fourth-order valence-corrected chi connectivity index (χ4v) is 5.62. The average molecular weight is 329 g/mol. The maximum Gasteiger partial charge on any atom is 0.320 e. The molecule has 0 aromatic rings. The molecule has 0 aromatic heterocycles. The van der Waals surface area contributed by atoms with E-state index in [0.717, 1.165) is 12.8 Å². The summed E-state index contributed by atoms with van der Waals surface area (Å²) in [6.07, 6.45) is 1.09. The Kier molecular flexibility index (Phi) is 3.23. The van der Waals surface area contributed by atoms with Crippen LogP contribution >= 0.6 is 0 Å². The van der Waals surface area contributed by atoms with Crippen LogP contribution in [0.15, 0.2) is 0 Å². The van der Waals surface area contributed by atoms with E-state index in [9.17, 15) is 18.0 Å². The Morgan fingerprint density at radius 3 is 2.73 bits per heavy atom. The Labute approximate surface area is 128 Å². The van der Waals surface area contributed by atoms with Crippen LogP contribution in [0.5, 0.6) is 0 Å². The predicted octanol–water partition coefficient (Wildman–Crippen LogP) is -0.790. The number of fused-ring (bicyclic) bond motifs is 1. The van der Waals surface area contributed by atoms with Gasteiger partial charge in [-0.25, -0.2) is 8.42 Å². The van der Waals surface area contributed by atoms with Crippen molar-refractivity contribution in [1.29, 1.82) is 0 Å². The fraction of sp³-hybridized carbons (Fsp3) is 0.857. The second kappa shape index (κ2) is 4.92. The van der Waals surface area contributed by atoms with E-state index in [1.807, 2.05) is 0 Å². The molecular formula is C14H19NO6S. The van der Waals surface area contributed by atoms with Crippen LogP contribution in [0.3, 0.4) is 0 Å². The molecule has 7 nitrogen and oxygen atoms in total. The third kappa shape index (κ3) is 2.32. The number of hydrogen-bond donors (Lipinski definition) is 0. The van der Waals surface area contributed by atoms with Crippen molar-refractivity contribution in [2.45, 2.75) is 25.0 Å². The molecule has 2 heterocycles. The number of ether oxygens (including phenoxy) is 2. The summed E-state index contributed by atoms with van der Waals surface area (Å²) < 4.78 is 33.7. The van der Waals surface area contributed by atoms with Crippen LogP contribution in [0.25, 0.3) is 0 Å². The molecule has 4 aliphatic rings. The zero-order valence-electron chi connectivity index (χ0n) is 12.1. The van der Waals surface area contributed by atoms with Crippen LogP contribution in [0.2, 0.25) is 0 Å². The molecule has 4 fully saturated rings. The SMILES string of the molecule is O=C(CN1CCS(=O)(=O)CC1)OC1C2CC3C(=O)OC1C3C2. The minimum Gasteiger partial charge on any atom is -0.458 e. The van der Waals surface area contributed by atoms with E-state index in [4.69, 9.17) is 9.47 Å². The molecule has 22 heavy (non-hydrogen) atoms. The van der Waals surface area contributed by atoms with Crippen LogP contribution < -0.4 is 0 Å². The van der Waals surface area contributed by atoms with Gasteiger partial charge < -0.3 is 9.47 Å². The van der Waals surface area contributed by atoms with E-state index in [1.165, 1.54) is 0 Å². The van der Waals surface area contributed by atoms with Crippen LogP contribution in [-0.2, 0) is 28.9 Å². The highest BCUT2D eigenvalue weighted by Crippen LogP contribution is 2.55. The zero-order chi connectivity index (χ0) is 15.5. The van der Waals surface area contributed by atoms with Gasteiger partial charge in [0.1, 0.15) is 12.2 Å². The molecule has 0 N–H and O–H groups in total. The highest BCUT2D eigenvalue weighted by atomic mass is 32.2. The number of esters is 2. The first-order valence-corrected chi connectivity index (χ1v) is 9.58. The van der Waals surface area contributed by atoms with Gasteiger partial charge in [-0.05, 0) is 12.8 Å². The number of carbonyl (C=O) groups excluding carboxylic acids is 2. The summed E-state index contributed by atoms with van der Waals surface area (Å²) in [6, 6.07) is 0. The van der Waals surface area contributed by atoms with E-state index in [0.29, 0.717) is 13.1 Å². The molecular weight excluding hydrogens is 310 g/mol. The van der Waals surface area contributed by atoms with Gasteiger partial charge in [-0.1, -0.05) is 0 Å². The quantitative estimate of drug-likeness (QED) is 0.627. The Balaban J connectivity index is 1.33. The van der Waals surface area contributed by atoms with E-state index in [2.05, 4.69) is 0 Å². The van der Waals surface area contributed by atoms with Gasteiger partial charge in [-0.15, -0.1) is 0 Å². The normalized spacial score (nSPS) is 42.4. The lowest BCUT2D eigenvalue weighted by Crippen LogP contribution is -2.45. The van der Waals surface area contributed by atoms with E-state index in [-0.39, 0.29) is 60.0 Å². The monoisotopic (exact) mass is 329 g/mol. The summed E-state index contributed by atoms with van der Waals surface area (Å²) in [5.74, 6) is 0.158. The Bertz CT molecular complexity index is 603. The Morgan fingerprint density at radius 2 is 2.00 bits per heavy atom. The molecule has 4 rings (SSSR count). The molecule has 8 heteroatoms. The van der Waals surface area contributed by atoms with Crippen molar-refractivity contribution in [3.8, 4) is 0 Å². The largest absolute Gasteiger partial charge is 0.458 e. The Hall–Kier alpha value is -1.15. The maximum absolute atomic E-state index is 12.1. The average Bonchev–Trinajstić information content (AvgIpc) is 3.06. The van der Waals surface area contributed by atoms with Crippen molar-refractivity contribution in [2.75, 3.05) is 31.1 Å². The number of sulfone groups is 1. The first-order valence-electron chi connectivity index (χ1n) is 7.76. The van der Waals surface area contributed by atoms with Gasteiger partial charge in [0.15, 0.2) is 9.84 Å². The standard InChI is InChI=1S/C14H19NO6S/c16-11(7-15-1-3-22(18,19)4-2-15)20-12-8-5-9-10(6-8)14(17)21-13(9)12/h8-10,12-13H,1-7H2. The molecule has 122 valence electrons. The molecule has 5 atom stereocenters. The van der Waals surface area contributed by atoms with Gasteiger partial charge in [0, 0.05) is 24.9 Å². The van der Waals surface area contributed by atoms with Gasteiger partial charge in [-0.2, -0.15) is 0 Å². The van der Waals surface area contributed by atoms with Crippen LogP contribution in [-0.4, -0.2) is 68.6 Å². The summed E-state index contributed by atoms with van der Waals surface area (Å²) in [5, 5.41) is 0. The van der Waals surface area contributed by atoms with Crippen LogP contribution in [0.4, 0.5) is 0 Å². The van der Waals surface area contributed by atoms with Crippen molar-refractivity contribution in [3.63, 3.8) is 0 Å². The maximum atomic E-state index is 12.1. The van der Waals surface area contributed by atoms with Crippen molar-refractivity contribution in [1.82, 2.24) is 4.90 Å². The zero-order valence-corrected chi connectivity index (χ0v) is 13.0. The summed E-state index contributed by atoms with van der Waals surface area (Å²) in [4.78, 5) is 25.6. The smallest absolute Gasteiger partial charge is 0.320 e. The molecule has 2 bridgehead atoms. The molecule has 2 aliphatic carbocycles. The predicted molar refractivity (Wildman–Crippen MR) is 74.6 cm³/mol. The van der Waals surface area contributed by atoms with Gasteiger partial charge in [0.05, 0.1) is 24.0 Å². The minimum absolute atomic E-state index is 0.0113. The highest BCUT2D eigenvalue weighted by Gasteiger charge is 2.63. The van der Waals surface area contributed by atoms with Gasteiger partial charge >= 0.3 is 11.9 Å². The number of hydrogen-bond acceptors (Lipinski definition) is 7. The first-order chi connectivity index (χ1) is 10.4. The summed E-state index contributed by atoms with van der Waals surface area (Å²) in [7, 11) is -2.95. The molecule has 5 unspecified atom stereocenters. The number of carbonyl (C=O) groups is 2. The first kappa shape index (κ1) is 14.4. The third-order valence-electron chi connectivity index (χ3n) is 5.47. The van der Waals surface area contributed by atoms with Gasteiger partial charge in [0.2, 0.25) is 0 Å². The van der Waals surface area contributed by atoms with Crippen LogP contribution in [0, 0.1) is 17.8 Å². The summed E-state index contributed by atoms with van der Waals surface area (Å²) in [5.41, 5.74) is 0. The summed E-state index contributed by atoms with van der Waals surface area (Å²) >= 11 is 0. The molecule has 0 spiro atoms. The van der Waals surface area contributed by atoms with Gasteiger partial charge in [-0.3, -0.25) is 14.5 Å². The highest BCUT2D eigenvalue weighted by molar-refractivity contribution is 7.91. The second-order valence-electron chi connectivity index (χ2n) is 6.79. The second-order valence-corrected chi connectivity index (χ2v) is 9.09. The molecule has 0 radical (unpaired) electrons. The van der Waals surface area contributed by atoms with Crippen molar-refractivity contribution < 1.29 is 27.5 Å². The van der Waals surface area contributed by atoms with E-state index >= 15 is 0 Å². The summed E-state index contributed by atoms with van der Waals surface area (Å²) in [6.45, 7) is 0.844. The molecule has 0 aromatic carbocycles. The van der Waals surface area contributed by atoms with Crippen molar-refractivity contribution in [2.24, 2.45) is 17.8 Å². The third-order valence-corrected chi connectivity index (χ3v) is 7.08. The molecule has 2 saturated heterocycles. The lowest BCUT2D eigenvalue weighted by atomic mass is 9.88. The number of rotatable bonds is 3. The van der Waals surface area contributed by atoms with Crippen molar-refractivity contribution in [3.05, 3.63) is 0 Å². The lowest BCUT2D eigenvalue weighted by Gasteiger charge is -2.28. The lowest BCUT2D eigenvalue weighted by molar-refractivity contribution is -0.162. The molecule has 0 amide bonds. The molecule has 2 aliphatic heterocycles.